The summed E-state index contributed by atoms with van der Waals surface area (Å²) in [6.07, 6.45) is 0.946. The van der Waals surface area contributed by atoms with Crippen molar-refractivity contribution in [2.45, 2.75) is 12.8 Å². The maximum atomic E-state index is 12.2. The summed E-state index contributed by atoms with van der Waals surface area (Å²) in [7, 11) is 1.32. The molecule has 0 fully saturated rings. The van der Waals surface area contributed by atoms with Gasteiger partial charge in [-0.3, -0.25) is 4.79 Å². The predicted octanol–water partition coefficient (Wildman–Crippen LogP) is 3.70. The summed E-state index contributed by atoms with van der Waals surface area (Å²) in [5.41, 5.74) is 2.88. The Hall–Kier alpha value is -2.99. The highest BCUT2D eigenvalue weighted by Crippen LogP contribution is 2.16. The van der Waals surface area contributed by atoms with Crippen LogP contribution >= 0.6 is 11.3 Å². The number of aromatic nitrogens is 1. The number of esters is 1. The Labute approximate surface area is 155 Å². The molecular formula is C20H18N2O3S. The molecule has 0 aliphatic carbocycles. The molecule has 0 aliphatic rings. The number of carbonyl (C=O) groups excluding carboxylic acids is 2. The van der Waals surface area contributed by atoms with E-state index >= 15 is 0 Å². The molecule has 3 rings (SSSR count). The van der Waals surface area contributed by atoms with Crippen molar-refractivity contribution >= 4 is 28.9 Å². The lowest BCUT2D eigenvalue weighted by atomic mass is 10.2. The van der Waals surface area contributed by atoms with Crippen LogP contribution in [0.2, 0.25) is 0 Å². The van der Waals surface area contributed by atoms with E-state index in [-0.39, 0.29) is 12.3 Å². The van der Waals surface area contributed by atoms with Gasteiger partial charge in [-0.15, -0.1) is 11.3 Å². The van der Waals surface area contributed by atoms with Gasteiger partial charge in [-0.25, -0.2) is 9.78 Å². The number of carbonyl (C=O) groups is 2. The standard InChI is InChI=1S/C20H18N2O3S/c1-25-20(24)15-8-5-9-16(11-15)21-18(23)12-17-13-26-19(22-17)10-14-6-3-2-4-7-14/h2-9,11,13H,10,12H2,1H3,(H,21,23). The first kappa shape index (κ1) is 17.8. The lowest BCUT2D eigenvalue weighted by molar-refractivity contribution is -0.115. The Morgan fingerprint density at radius 2 is 1.92 bits per heavy atom. The normalized spacial score (nSPS) is 10.3. The Kier molecular flexibility index (Phi) is 5.76. The molecule has 0 saturated carbocycles. The third-order valence-electron chi connectivity index (χ3n) is 3.71. The second kappa shape index (κ2) is 8.40. The van der Waals surface area contributed by atoms with Gasteiger partial charge in [0.2, 0.25) is 5.91 Å². The monoisotopic (exact) mass is 366 g/mol. The van der Waals surface area contributed by atoms with Crippen molar-refractivity contribution in [3.8, 4) is 0 Å². The molecule has 0 unspecified atom stereocenters. The largest absolute Gasteiger partial charge is 0.465 e. The van der Waals surface area contributed by atoms with Crippen LogP contribution in [0, 0.1) is 0 Å². The fourth-order valence-corrected chi connectivity index (χ4v) is 3.32. The van der Waals surface area contributed by atoms with Crippen LogP contribution in [0.3, 0.4) is 0 Å². The highest BCUT2D eigenvalue weighted by molar-refractivity contribution is 7.09. The lowest BCUT2D eigenvalue weighted by Crippen LogP contribution is -2.15. The number of methoxy groups -OCH3 is 1. The van der Waals surface area contributed by atoms with E-state index in [4.69, 9.17) is 0 Å². The Morgan fingerprint density at radius 3 is 2.69 bits per heavy atom. The van der Waals surface area contributed by atoms with Gasteiger partial charge >= 0.3 is 5.97 Å². The second-order valence-corrected chi connectivity index (χ2v) is 6.63. The Morgan fingerprint density at radius 1 is 1.12 bits per heavy atom. The number of hydrogen-bond donors (Lipinski definition) is 1. The van der Waals surface area contributed by atoms with Crippen molar-refractivity contribution in [2.75, 3.05) is 12.4 Å². The molecule has 0 aliphatic heterocycles. The molecule has 5 nitrogen and oxygen atoms in total. The fraction of sp³-hybridized carbons (Fsp3) is 0.150. The highest BCUT2D eigenvalue weighted by atomic mass is 32.1. The molecule has 0 spiro atoms. The summed E-state index contributed by atoms with van der Waals surface area (Å²) in [6, 6.07) is 16.7. The summed E-state index contributed by atoms with van der Waals surface area (Å²) in [6.45, 7) is 0. The van der Waals surface area contributed by atoms with Crippen molar-refractivity contribution < 1.29 is 14.3 Å². The number of benzene rings is 2. The maximum absolute atomic E-state index is 12.2. The molecule has 1 aromatic heterocycles. The highest BCUT2D eigenvalue weighted by Gasteiger charge is 2.10. The van der Waals surface area contributed by atoms with Crippen LogP contribution in [-0.4, -0.2) is 24.0 Å². The molecule has 3 aromatic rings. The van der Waals surface area contributed by atoms with E-state index in [0.717, 1.165) is 17.1 Å². The summed E-state index contributed by atoms with van der Waals surface area (Å²) in [4.78, 5) is 28.3. The zero-order chi connectivity index (χ0) is 18.4. The van der Waals surface area contributed by atoms with Crippen LogP contribution in [-0.2, 0) is 22.4 Å². The third kappa shape index (κ3) is 4.77. The number of thiazole rings is 1. The number of rotatable bonds is 6. The first-order valence-corrected chi connectivity index (χ1v) is 8.97. The van der Waals surface area contributed by atoms with Crippen LogP contribution in [0.4, 0.5) is 5.69 Å². The topological polar surface area (TPSA) is 68.3 Å². The molecule has 26 heavy (non-hydrogen) atoms. The van der Waals surface area contributed by atoms with Crippen LogP contribution in [0.5, 0.6) is 0 Å². The number of nitrogens with zero attached hydrogens (tertiary/aromatic N) is 1. The molecule has 1 amide bonds. The van der Waals surface area contributed by atoms with Crippen molar-refractivity contribution in [2.24, 2.45) is 0 Å². The molecule has 0 atom stereocenters. The van der Waals surface area contributed by atoms with Crippen molar-refractivity contribution in [1.29, 1.82) is 0 Å². The summed E-state index contributed by atoms with van der Waals surface area (Å²) in [5, 5.41) is 5.67. The molecular weight excluding hydrogens is 348 g/mol. The third-order valence-corrected chi connectivity index (χ3v) is 4.60. The fourth-order valence-electron chi connectivity index (χ4n) is 2.49. The molecule has 0 saturated heterocycles. The molecule has 132 valence electrons. The van der Waals surface area contributed by atoms with Crippen molar-refractivity contribution in [1.82, 2.24) is 4.98 Å². The zero-order valence-electron chi connectivity index (χ0n) is 14.3. The summed E-state index contributed by atoms with van der Waals surface area (Å²) < 4.78 is 4.68. The molecule has 2 aromatic carbocycles. The minimum atomic E-state index is -0.439. The molecule has 0 bridgehead atoms. The van der Waals surface area contributed by atoms with E-state index in [1.807, 2.05) is 23.6 Å². The van der Waals surface area contributed by atoms with E-state index in [2.05, 4.69) is 27.2 Å². The smallest absolute Gasteiger partial charge is 0.337 e. The first-order valence-electron chi connectivity index (χ1n) is 8.09. The first-order chi connectivity index (χ1) is 12.6. The van der Waals surface area contributed by atoms with Gasteiger partial charge < -0.3 is 10.1 Å². The second-order valence-electron chi connectivity index (χ2n) is 5.69. The lowest BCUT2D eigenvalue weighted by Gasteiger charge is -2.06. The van der Waals surface area contributed by atoms with Gasteiger partial charge in [0.1, 0.15) is 0 Å². The Balaban J connectivity index is 1.59. The molecule has 6 heteroatoms. The van der Waals surface area contributed by atoms with Gasteiger partial charge in [-0.05, 0) is 23.8 Å². The van der Waals surface area contributed by atoms with Crippen LogP contribution in [0.1, 0.15) is 26.6 Å². The average Bonchev–Trinajstić information content (AvgIpc) is 3.08. The number of hydrogen-bond acceptors (Lipinski definition) is 5. The van der Waals surface area contributed by atoms with Gasteiger partial charge in [-0.1, -0.05) is 36.4 Å². The van der Waals surface area contributed by atoms with Gasteiger partial charge in [0.25, 0.3) is 0 Å². The average molecular weight is 366 g/mol. The van der Waals surface area contributed by atoms with E-state index < -0.39 is 5.97 Å². The van der Waals surface area contributed by atoms with E-state index in [9.17, 15) is 9.59 Å². The van der Waals surface area contributed by atoms with Crippen molar-refractivity contribution in [3.05, 3.63) is 81.8 Å². The molecule has 1 N–H and O–H groups in total. The summed E-state index contributed by atoms with van der Waals surface area (Å²) >= 11 is 1.55. The number of ether oxygens (including phenoxy) is 1. The van der Waals surface area contributed by atoms with Gasteiger partial charge in [0, 0.05) is 17.5 Å². The minimum absolute atomic E-state index is 0.177. The van der Waals surface area contributed by atoms with Crippen LogP contribution in [0.15, 0.2) is 60.0 Å². The van der Waals surface area contributed by atoms with E-state index in [1.54, 1.807) is 35.6 Å². The molecule has 1 heterocycles. The van der Waals surface area contributed by atoms with Gasteiger partial charge in [0.15, 0.2) is 0 Å². The van der Waals surface area contributed by atoms with E-state index in [0.29, 0.717) is 11.3 Å². The molecule has 0 radical (unpaired) electrons. The maximum Gasteiger partial charge on any atom is 0.337 e. The zero-order valence-corrected chi connectivity index (χ0v) is 15.1. The van der Waals surface area contributed by atoms with Crippen LogP contribution in [0.25, 0.3) is 0 Å². The van der Waals surface area contributed by atoms with Gasteiger partial charge in [0.05, 0.1) is 29.8 Å². The minimum Gasteiger partial charge on any atom is -0.465 e. The van der Waals surface area contributed by atoms with E-state index in [1.165, 1.54) is 12.7 Å². The number of anilines is 1. The SMILES string of the molecule is COC(=O)c1cccc(NC(=O)Cc2csc(Cc3ccccc3)n2)c1. The number of amides is 1. The number of nitrogens with one attached hydrogen (secondary N) is 1. The van der Waals surface area contributed by atoms with Crippen LogP contribution < -0.4 is 5.32 Å². The van der Waals surface area contributed by atoms with Gasteiger partial charge in [-0.2, -0.15) is 0 Å². The Bertz CT molecular complexity index is 906. The quantitative estimate of drug-likeness (QED) is 0.676. The predicted molar refractivity (Wildman–Crippen MR) is 101 cm³/mol. The summed E-state index contributed by atoms with van der Waals surface area (Å²) in [5.74, 6) is -0.616. The van der Waals surface area contributed by atoms with Crippen molar-refractivity contribution in [3.63, 3.8) is 0 Å².